The zero-order valence-corrected chi connectivity index (χ0v) is 10.6. The van der Waals surface area contributed by atoms with Crippen molar-refractivity contribution in [2.24, 2.45) is 0 Å². The van der Waals surface area contributed by atoms with Gasteiger partial charge in [0.1, 0.15) is 11.8 Å². The number of carbonyl (C=O) groups is 1. The van der Waals surface area contributed by atoms with E-state index in [1.807, 2.05) is 6.07 Å². The minimum atomic E-state index is -0.769. The number of hydrogen-bond acceptors (Lipinski definition) is 3. The number of benzene rings is 1. The first-order chi connectivity index (χ1) is 8.63. The molecule has 0 aromatic heterocycles. The van der Waals surface area contributed by atoms with Gasteiger partial charge in [0.05, 0.1) is 17.2 Å². The molecule has 0 atom stereocenters. The van der Waals surface area contributed by atoms with Crippen LogP contribution in [0.1, 0.15) is 31.2 Å². The van der Waals surface area contributed by atoms with Crippen LogP contribution in [0, 0.1) is 11.3 Å². The Labute approximate surface area is 111 Å². The number of ether oxygens (including phenoxy) is 1. The molecule has 0 spiro atoms. The fourth-order valence-electron chi connectivity index (χ4n) is 1.42. The molecule has 96 valence electrons. The Morgan fingerprint density at radius 1 is 1.39 bits per heavy atom. The molecular weight excluding hydrogens is 254 g/mol. The Hall–Kier alpha value is -1.73. The standard InChI is InChI=1S/C13H14ClNO3/c14-12-8-11(6-5-10(12)9-15)18-7-3-1-2-4-13(16)17/h5-6,8H,1-4,7H2,(H,16,17). The molecule has 0 heterocycles. The molecular formula is C13H14ClNO3. The summed E-state index contributed by atoms with van der Waals surface area (Å²) in [5, 5.41) is 17.5. The first-order valence-corrected chi connectivity index (χ1v) is 6.05. The van der Waals surface area contributed by atoms with E-state index >= 15 is 0 Å². The summed E-state index contributed by atoms with van der Waals surface area (Å²) < 4.78 is 5.45. The largest absolute Gasteiger partial charge is 0.494 e. The van der Waals surface area contributed by atoms with Crippen molar-refractivity contribution in [1.29, 1.82) is 5.26 Å². The molecule has 0 saturated heterocycles. The van der Waals surface area contributed by atoms with Crippen LogP contribution in [0.25, 0.3) is 0 Å². The van der Waals surface area contributed by atoms with Crippen LogP contribution in [0.4, 0.5) is 0 Å². The topological polar surface area (TPSA) is 70.3 Å². The van der Waals surface area contributed by atoms with E-state index in [0.717, 1.165) is 12.8 Å². The second-order valence-corrected chi connectivity index (χ2v) is 4.21. The highest BCUT2D eigenvalue weighted by atomic mass is 35.5. The molecule has 18 heavy (non-hydrogen) atoms. The van der Waals surface area contributed by atoms with Gasteiger partial charge in [-0.15, -0.1) is 0 Å². The molecule has 0 fully saturated rings. The van der Waals surface area contributed by atoms with Gasteiger partial charge >= 0.3 is 5.97 Å². The molecule has 0 aliphatic heterocycles. The van der Waals surface area contributed by atoms with Crippen molar-refractivity contribution in [3.05, 3.63) is 28.8 Å². The second kappa shape index (κ2) is 7.57. The molecule has 4 nitrogen and oxygen atoms in total. The Morgan fingerprint density at radius 3 is 2.78 bits per heavy atom. The van der Waals surface area contributed by atoms with Gasteiger partial charge in [0.2, 0.25) is 0 Å². The van der Waals surface area contributed by atoms with Gasteiger partial charge in [-0.25, -0.2) is 0 Å². The molecule has 0 aliphatic carbocycles. The molecule has 0 unspecified atom stereocenters. The highest BCUT2D eigenvalue weighted by molar-refractivity contribution is 6.31. The lowest BCUT2D eigenvalue weighted by Crippen LogP contribution is -1.99. The maximum Gasteiger partial charge on any atom is 0.303 e. The van der Waals surface area contributed by atoms with Gasteiger partial charge in [0, 0.05) is 12.5 Å². The third-order valence-electron chi connectivity index (χ3n) is 2.36. The van der Waals surface area contributed by atoms with Crippen LogP contribution in [-0.2, 0) is 4.79 Å². The summed E-state index contributed by atoms with van der Waals surface area (Å²) in [5.41, 5.74) is 0.422. The van der Waals surface area contributed by atoms with Gasteiger partial charge in [0.15, 0.2) is 0 Å². The van der Waals surface area contributed by atoms with Crippen LogP contribution in [0.3, 0.4) is 0 Å². The number of unbranched alkanes of at least 4 members (excludes halogenated alkanes) is 2. The predicted molar refractivity (Wildman–Crippen MR) is 67.8 cm³/mol. The van der Waals surface area contributed by atoms with Crippen LogP contribution in [-0.4, -0.2) is 17.7 Å². The first-order valence-electron chi connectivity index (χ1n) is 5.67. The maximum atomic E-state index is 10.3. The average Bonchev–Trinajstić information content (AvgIpc) is 2.33. The molecule has 0 bridgehead atoms. The molecule has 1 aromatic rings. The summed E-state index contributed by atoms with van der Waals surface area (Å²) in [6, 6.07) is 6.89. The van der Waals surface area contributed by atoms with Gasteiger partial charge in [-0.05, 0) is 31.4 Å². The van der Waals surface area contributed by atoms with Crippen molar-refractivity contribution in [3.63, 3.8) is 0 Å². The van der Waals surface area contributed by atoms with Gasteiger partial charge in [0.25, 0.3) is 0 Å². The van der Waals surface area contributed by atoms with E-state index in [0.29, 0.717) is 29.4 Å². The van der Waals surface area contributed by atoms with Crippen molar-refractivity contribution >= 4 is 17.6 Å². The Kier molecular flexibility index (Phi) is 6.03. The van der Waals surface area contributed by atoms with Crippen LogP contribution in [0.5, 0.6) is 5.75 Å². The monoisotopic (exact) mass is 267 g/mol. The lowest BCUT2D eigenvalue weighted by molar-refractivity contribution is -0.137. The number of halogens is 1. The molecule has 1 rings (SSSR count). The number of hydrogen-bond donors (Lipinski definition) is 1. The molecule has 0 aliphatic rings. The third kappa shape index (κ3) is 5.07. The number of carboxylic acid groups (broad SMARTS) is 1. The van der Waals surface area contributed by atoms with Gasteiger partial charge in [-0.3, -0.25) is 4.79 Å². The summed E-state index contributed by atoms with van der Waals surface area (Å²) in [7, 11) is 0. The zero-order valence-electron chi connectivity index (χ0n) is 9.86. The number of nitrogens with zero attached hydrogens (tertiary/aromatic N) is 1. The molecule has 0 saturated carbocycles. The van der Waals surface area contributed by atoms with Crippen molar-refractivity contribution < 1.29 is 14.6 Å². The number of rotatable bonds is 7. The average molecular weight is 268 g/mol. The highest BCUT2D eigenvalue weighted by Crippen LogP contribution is 2.22. The summed E-state index contributed by atoms with van der Waals surface area (Å²) >= 11 is 5.86. The van der Waals surface area contributed by atoms with E-state index in [9.17, 15) is 4.79 Å². The quantitative estimate of drug-likeness (QED) is 0.770. The van der Waals surface area contributed by atoms with Crippen LogP contribution in [0.2, 0.25) is 5.02 Å². The molecule has 0 amide bonds. The van der Waals surface area contributed by atoms with Crippen molar-refractivity contribution in [2.75, 3.05) is 6.61 Å². The third-order valence-corrected chi connectivity index (χ3v) is 2.68. The molecule has 1 N–H and O–H groups in total. The van der Waals surface area contributed by atoms with Gasteiger partial charge in [-0.2, -0.15) is 5.26 Å². The van der Waals surface area contributed by atoms with Crippen molar-refractivity contribution in [3.8, 4) is 11.8 Å². The second-order valence-electron chi connectivity index (χ2n) is 3.81. The normalized spacial score (nSPS) is 9.78. The minimum absolute atomic E-state index is 0.197. The van der Waals surface area contributed by atoms with Gasteiger partial charge in [-0.1, -0.05) is 11.6 Å². The number of aliphatic carboxylic acids is 1. The molecule has 1 aromatic carbocycles. The number of carboxylic acids is 1. The van der Waals surface area contributed by atoms with Crippen LogP contribution < -0.4 is 4.74 Å². The fourth-order valence-corrected chi connectivity index (χ4v) is 1.63. The summed E-state index contributed by atoms with van der Waals surface area (Å²) in [4.78, 5) is 10.3. The van der Waals surface area contributed by atoms with Crippen LogP contribution >= 0.6 is 11.6 Å². The van der Waals surface area contributed by atoms with E-state index in [4.69, 9.17) is 26.7 Å². The summed E-state index contributed by atoms with van der Waals surface area (Å²) in [5.74, 6) is -0.146. The predicted octanol–water partition coefficient (Wildman–Crippen LogP) is 3.24. The first kappa shape index (κ1) is 14.3. The van der Waals surface area contributed by atoms with Gasteiger partial charge < -0.3 is 9.84 Å². The maximum absolute atomic E-state index is 10.3. The van der Waals surface area contributed by atoms with Crippen LogP contribution in [0.15, 0.2) is 18.2 Å². The summed E-state index contributed by atoms with van der Waals surface area (Å²) in [6.07, 6.45) is 2.47. The van der Waals surface area contributed by atoms with E-state index in [2.05, 4.69) is 0 Å². The van der Waals surface area contributed by atoms with E-state index < -0.39 is 5.97 Å². The SMILES string of the molecule is N#Cc1ccc(OCCCCCC(=O)O)cc1Cl. The van der Waals surface area contributed by atoms with Crippen molar-refractivity contribution in [2.45, 2.75) is 25.7 Å². The Bertz CT molecular complexity index is 454. The molecule has 0 radical (unpaired) electrons. The summed E-state index contributed by atoms with van der Waals surface area (Å²) in [6.45, 7) is 0.516. The smallest absolute Gasteiger partial charge is 0.303 e. The number of nitriles is 1. The highest BCUT2D eigenvalue weighted by Gasteiger charge is 2.02. The molecule has 5 heteroatoms. The lowest BCUT2D eigenvalue weighted by atomic mass is 10.2. The Balaban J connectivity index is 2.26. The fraction of sp³-hybridized carbons (Fsp3) is 0.385. The van der Waals surface area contributed by atoms with E-state index in [1.165, 1.54) is 0 Å². The minimum Gasteiger partial charge on any atom is -0.494 e. The lowest BCUT2D eigenvalue weighted by Gasteiger charge is -2.06. The Morgan fingerprint density at radius 2 is 2.17 bits per heavy atom. The van der Waals surface area contributed by atoms with E-state index in [1.54, 1.807) is 18.2 Å². The van der Waals surface area contributed by atoms with Crippen molar-refractivity contribution in [1.82, 2.24) is 0 Å². The van der Waals surface area contributed by atoms with E-state index in [-0.39, 0.29) is 6.42 Å². The zero-order chi connectivity index (χ0) is 13.4.